The van der Waals surface area contributed by atoms with E-state index in [0.717, 1.165) is 11.3 Å². The lowest BCUT2D eigenvalue weighted by molar-refractivity contribution is -0.305. The minimum Gasteiger partial charge on any atom is -0.550 e. The molecule has 0 saturated carbocycles. The first-order valence-electron chi connectivity index (χ1n) is 8.11. The number of hydrogen-bond donors (Lipinski definition) is 3. The van der Waals surface area contributed by atoms with Gasteiger partial charge in [0.25, 0.3) is 5.91 Å². The minimum atomic E-state index is -1.22. The Morgan fingerprint density at radius 3 is 2.81 bits per heavy atom. The molecule has 1 aliphatic rings. The second-order valence-electron chi connectivity index (χ2n) is 5.95. The van der Waals surface area contributed by atoms with Crippen molar-refractivity contribution >= 4 is 40.2 Å². The summed E-state index contributed by atoms with van der Waals surface area (Å²) in [5.74, 6) is -2.21. The van der Waals surface area contributed by atoms with Crippen molar-refractivity contribution in [2.45, 2.75) is 26.2 Å². The second-order valence-corrected chi connectivity index (χ2v) is 6.93. The van der Waals surface area contributed by atoms with Crippen molar-refractivity contribution in [2.75, 3.05) is 19.6 Å². The average Bonchev–Trinajstić information content (AvgIpc) is 2.93. The Balaban J connectivity index is 2.01. The summed E-state index contributed by atoms with van der Waals surface area (Å²) in [6, 6.07) is 0. The van der Waals surface area contributed by atoms with Crippen LogP contribution in [0.25, 0.3) is 0 Å². The molecule has 1 fully saturated rings. The highest BCUT2D eigenvalue weighted by atomic mass is 32.1. The van der Waals surface area contributed by atoms with Crippen molar-refractivity contribution in [3.8, 4) is 0 Å². The number of guanidine groups is 1. The van der Waals surface area contributed by atoms with Crippen LogP contribution in [-0.2, 0) is 9.59 Å². The zero-order valence-electron chi connectivity index (χ0n) is 14.4. The van der Waals surface area contributed by atoms with E-state index in [1.165, 1.54) is 0 Å². The van der Waals surface area contributed by atoms with E-state index in [4.69, 9.17) is 11.5 Å². The number of hydrogen-bond acceptors (Lipinski definition) is 7. The van der Waals surface area contributed by atoms with Gasteiger partial charge >= 0.3 is 0 Å². The summed E-state index contributed by atoms with van der Waals surface area (Å²) in [6.07, 6.45) is 1.08. The first-order valence-corrected chi connectivity index (χ1v) is 8.93. The Morgan fingerprint density at radius 1 is 1.42 bits per heavy atom. The van der Waals surface area contributed by atoms with Crippen molar-refractivity contribution in [3.63, 3.8) is 0 Å². The molecule has 2 rings (SSSR count). The number of nitrogens with one attached hydrogen (secondary N) is 1. The van der Waals surface area contributed by atoms with Gasteiger partial charge in [-0.05, 0) is 19.8 Å². The number of carboxylic acid groups (broad SMARTS) is 1. The van der Waals surface area contributed by atoms with E-state index in [1.807, 2.05) is 0 Å². The van der Waals surface area contributed by atoms with E-state index in [9.17, 15) is 19.5 Å². The molecule has 0 bridgehead atoms. The number of aromatic nitrogens is 1. The van der Waals surface area contributed by atoms with Crippen LogP contribution in [0.1, 0.15) is 34.6 Å². The maximum absolute atomic E-state index is 12.8. The highest BCUT2D eigenvalue weighted by Crippen LogP contribution is 2.28. The molecule has 2 amide bonds. The molecule has 2 heterocycles. The highest BCUT2D eigenvalue weighted by molar-refractivity contribution is 7.17. The molecule has 10 nitrogen and oxygen atoms in total. The molecule has 1 aliphatic heterocycles. The van der Waals surface area contributed by atoms with Gasteiger partial charge in [-0.25, -0.2) is 4.98 Å². The van der Waals surface area contributed by atoms with Gasteiger partial charge in [0.2, 0.25) is 11.0 Å². The predicted molar refractivity (Wildman–Crippen MR) is 93.6 cm³/mol. The van der Waals surface area contributed by atoms with Crippen LogP contribution in [0.5, 0.6) is 0 Å². The Hall–Kier alpha value is -2.69. The molecular formula is C15H21N6O4S-. The number of thiazole rings is 1. The molecule has 0 aliphatic carbocycles. The average molecular weight is 381 g/mol. The molecule has 1 unspecified atom stereocenters. The molecule has 142 valence electrons. The number of nitrogens with two attached hydrogens (primary N) is 2. The van der Waals surface area contributed by atoms with Gasteiger partial charge in [-0.3, -0.25) is 9.59 Å². The standard InChI is InChI=1S/C15H22N6O4S/c1-8-11(26-15(19-8)20-14(16)17)13(25)21-6-2-3-9(7-21)12(24)18-5-4-10(22)23/h9H,2-7H2,1H3,(H,18,24)(H,22,23)(H4,16,17,19,20)/p-1. The predicted octanol–water partition coefficient (Wildman–Crippen LogP) is -1.54. The molecular weight excluding hydrogens is 360 g/mol. The Bertz CT molecular complexity index is 728. The largest absolute Gasteiger partial charge is 0.550 e. The number of piperidine rings is 1. The lowest BCUT2D eigenvalue weighted by Gasteiger charge is -2.31. The van der Waals surface area contributed by atoms with Crippen LogP contribution in [0.3, 0.4) is 0 Å². The van der Waals surface area contributed by atoms with Crippen LogP contribution >= 0.6 is 11.3 Å². The highest BCUT2D eigenvalue weighted by Gasteiger charge is 2.30. The van der Waals surface area contributed by atoms with Gasteiger partial charge < -0.3 is 31.6 Å². The number of aryl methyl sites for hydroxylation is 1. The number of carbonyl (C=O) groups is 3. The maximum atomic E-state index is 12.8. The van der Waals surface area contributed by atoms with Crippen LogP contribution in [0.15, 0.2) is 4.99 Å². The van der Waals surface area contributed by atoms with Crippen LogP contribution in [0.4, 0.5) is 5.13 Å². The first kappa shape index (κ1) is 19.6. The summed E-state index contributed by atoms with van der Waals surface area (Å²) in [7, 11) is 0. The molecule has 11 heteroatoms. The van der Waals surface area contributed by atoms with Crippen molar-refractivity contribution < 1.29 is 19.5 Å². The fraction of sp³-hybridized carbons (Fsp3) is 0.533. The quantitative estimate of drug-likeness (QED) is 0.396. The molecule has 1 atom stereocenters. The number of rotatable bonds is 6. The van der Waals surface area contributed by atoms with Crippen molar-refractivity contribution in [1.82, 2.24) is 15.2 Å². The molecule has 1 aromatic rings. The van der Waals surface area contributed by atoms with Crippen LogP contribution in [0.2, 0.25) is 0 Å². The molecule has 0 spiro atoms. The fourth-order valence-electron chi connectivity index (χ4n) is 2.69. The number of carboxylic acids is 1. The third-order valence-corrected chi connectivity index (χ3v) is 4.95. The monoisotopic (exact) mass is 381 g/mol. The number of nitrogens with zero attached hydrogens (tertiary/aromatic N) is 3. The smallest absolute Gasteiger partial charge is 0.265 e. The molecule has 1 saturated heterocycles. The fourth-order valence-corrected chi connectivity index (χ4v) is 3.62. The van der Waals surface area contributed by atoms with E-state index in [1.54, 1.807) is 11.8 Å². The van der Waals surface area contributed by atoms with Crippen LogP contribution in [-0.4, -0.2) is 53.3 Å². The zero-order valence-corrected chi connectivity index (χ0v) is 15.2. The molecule has 0 radical (unpaired) electrons. The van der Waals surface area contributed by atoms with E-state index in [0.29, 0.717) is 35.1 Å². The number of carbonyl (C=O) groups excluding carboxylic acids is 3. The van der Waals surface area contributed by atoms with Crippen LogP contribution in [0, 0.1) is 12.8 Å². The van der Waals surface area contributed by atoms with Gasteiger partial charge in [0.15, 0.2) is 5.96 Å². The lowest BCUT2D eigenvalue weighted by atomic mass is 9.97. The van der Waals surface area contributed by atoms with E-state index >= 15 is 0 Å². The third-order valence-electron chi connectivity index (χ3n) is 3.91. The Kier molecular flexibility index (Phi) is 6.50. The van der Waals surface area contributed by atoms with Crippen LogP contribution < -0.4 is 21.9 Å². The van der Waals surface area contributed by atoms with E-state index in [2.05, 4.69) is 15.3 Å². The van der Waals surface area contributed by atoms with Gasteiger partial charge in [0, 0.05) is 32.0 Å². The van der Waals surface area contributed by atoms with Gasteiger partial charge in [-0.1, -0.05) is 11.3 Å². The summed E-state index contributed by atoms with van der Waals surface area (Å²) < 4.78 is 0. The van der Waals surface area contributed by atoms with Crippen molar-refractivity contribution in [3.05, 3.63) is 10.6 Å². The molecule has 26 heavy (non-hydrogen) atoms. The third kappa shape index (κ3) is 5.15. The lowest BCUT2D eigenvalue weighted by Crippen LogP contribution is -2.46. The summed E-state index contributed by atoms with van der Waals surface area (Å²) in [5, 5.41) is 13.3. The number of aliphatic imine (C=N–C) groups is 1. The topological polar surface area (TPSA) is 167 Å². The summed E-state index contributed by atoms with van der Waals surface area (Å²) in [5.41, 5.74) is 11.2. The van der Waals surface area contributed by atoms with Gasteiger partial charge in [0.05, 0.1) is 11.6 Å². The van der Waals surface area contributed by atoms with E-state index in [-0.39, 0.29) is 43.2 Å². The molecule has 1 aromatic heterocycles. The van der Waals surface area contributed by atoms with Gasteiger partial charge in [0.1, 0.15) is 4.88 Å². The maximum Gasteiger partial charge on any atom is 0.265 e. The first-order chi connectivity index (χ1) is 12.3. The number of likely N-dealkylation sites (tertiary alicyclic amines) is 1. The normalized spacial score (nSPS) is 16.8. The minimum absolute atomic E-state index is 0.0153. The second kappa shape index (κ2) is 8.61. The Morgan fingerprint density at radius 2 is 2.15 bits per heavy atom. The van der Waals surface area contributed by atoms with Gasteiger partial charge in [-0.2, -0.15) is 4.99 Å². The van der Waals surface area contributed by atoms with Crippen molar-refractivity contribution in [2.24, 2.45) is 22.4 Å². The van der Waals surface area contributed by atoms with Crippen molar-refractivity contribution in [1.29, 1.82) is 0 Å². The van der Waals surface area contributed by atoms with E-state index < -0.39 is 5.97 Å². The SMILES string of the molecule is Cc1nc(N=C(N)N)sc1C(=O)N1CCCC(C(=O)NCCC(=O)[O-])C1. The number of amides is 2. The Labute approximate surface area is 154 Å². The molecule has 5 N–H and O–H groups in total. The summed E-state index contributed by atoms with van der Waals surface area (Å²) in [4.78, 5) is 45.4. The van der Waals surface area contributed by atoms with Gasteiger partial charge in [-0.15, -0.1) is 0 Å². The number of aliphatic carboxylic acids is 1. The summed E-state index contributed by atoms with van der Waals surface area (Å²) >= 11 is 1.09. The molecule has 0 aromatic carbocycles. The zero-order chi connectivity index (χ0) is 19.3. The summed E-state index contributed by atoms with van der Waals surface area (Å²) in [6.45, 7) is 2.52.